The highest BCUT2D eigenvalue weighted by molar-refractivity contribution is 6.10. The van der Waals surface area contributed by atoms with Crippen molar-refractivity contribution >= 4 is 61.1 Å². The third kappa shape index (κ3) is 8.90. The quantitative estimate of drug-likeness (QED) is 0.140. The first-order chi connectivity index (χ1) is 34.2. The fourth-order valence-electron chi connectivity index (χ4n) is 9.90. The maximum absolute atomic E-state index is 13.7. The summed E-state index contributed by atoms with van der Waals surface area (Å²) in [6.07, 6.45) is 0.390. The van der Waals surface area contributed by atoms with Crippen LogP contribution in [0.5, 0.6) is 11.5 Å². The minimum absolute atomic E-state index is 0. The molecule has 2 aliphatic heterocycles. The van der Waals surface area contributed by atoms with E-state index in [0.29, 0.717) is 64.1 Å². The van der Waals surface area contributed by atoms with Gasteiger partial charge in [0.2, 0.25) is 0 Å². The van der Waals surface area contributed by atoms with Gasteiger partial charge in [0.15, 0.2) is 17.8 Å². The Balaban J connectivity index is 0.000000177. The van der Waals surface area contributed by atoms with Gasteiger partial charge < -0.3 is 29.2 Å². The van der Waals surface area contributed by atoms with Crippen LogP contribution in [0.4, 0.5) is 13.2 Å². The Morgan fingerprint density at radius 1 is 0.685 bits per heavy atom. The molecule has 0 fully saturated rings. The minimum Gasteiger partial charge on any atom is -0.493 e. The number of rotatable bonds is 9. The second-order valence-corrected chi connectivity index (χ2v) is 19.5. The number of carbonyl (C=O) groups is 2. The summed E-state index contributed by atoms with van der Waals surface area (Å²) in [5.74, 6) is -1.13. The van der Waals surface area contributed by atoms with Crippen molar-refractivity contribution in [3.8, 4) is 33.8 Å². The maximum atomic E-state index is 13.7. The van der Waals surface area contributed by atoms with Crippen molar-refractivity contribution < 1.29 is 51.9 Å². The summed E-state index contributed by atoms with van der Waals surface area (Å²) in [7, 11) is 0. The Morgan fingerprint density at radius 3 is 1.78 bits per heavy atom. The molecule has 11 rings (SSSR count). The molecule has 0 bridgehead atoms. The Labute approximate surface area is 417 Å². The van der Waals surface area contributed by atoms with Crippen LogP contribution in [0, 0.1) is 13.8 Å². The molecule has 0 radical (unpaired) electrons. The molecule has 73 heavy (non-hydrogen) atoms. The fourth-order valence-corrected chi connectivity index (χ4v) is 9.90. The van der Waals surface area contributed by atoms with Crippen LogP contribution in [0.1, 0.15) is 87.6 Å². The average molecular weight is 995 g/mol. The van der Waals surface area contributed by atoms with Crippen LogP contribution in [0.25, 0.3) is 71.4 Å². The summed E-state index contributed by atoms with van der Waals surface area (Å²) >= 11 is 0. The highest BCUT2D eigenvalue weighted by Crippen LogP contribution is 2.48. The first-order valence-electron chi connectivity index (χ1n) is 23.3. The predicted octanol–water partition coefficient (Wildman–Crippen LogP) is 12.1. The molecule has 0 aliphatic carbocycles. The highest BCUT2D eigenvalue weighted by atomic mass is 19.4. The number of hydrogen-bond acceptors (Lipinski definition) is 11. The number of hydrogen-bond donors (Lipinski definition) is 2. The first kappa shape index (κ1) is 50.2. The van der Waals surface area contributed by atoms with Crippen LogP contribution in [0.2, 0.25) is 0 Å². The molecule has 2 atom stereocenters. The summed E-state index contributed by atoms with van der Waals surface area (Å²) in [4.78, 5) is 38.9. The van der Waals surface area contributed by atoms with E-state index in [1.807, 2.05) is 76.4 Å². The lowest BCUT2D eigenvalue weighted by Crippen LogP contribution is -2.44. The van der Waals surface area contributed by atoms with Gasteiger partial charge in [0, 0.05) is 75.2 Å². The number of halogens is 3. The summed E-state index contributed by atoms with van der Waals surface area (Å²) < 4.78 is 66.3. The van der Waals surface area contributed by atoms with E-state index in [4.69, 9.17) is 23.9 Å². The highest BCUT2D eigenvalue weighted by Gasteiger charge is 2.51. The largest absolute Gasteiger partial charge is 0.493 e. The Morgan fingerprint density at radius 2 is 1.23 bits per heavy atom. The van der Waals surface area contributed by atoms with Crippen LogP contribution < -0.4 is 9.47 Å². The number of carboxylic acids is 2. The monoisotopic (exact) mass is 994 g/mol. The molecule has 5 aromatic heterocycles. The molecule has 0 saturated heterocycles. The lowest BCUT2D eigenvalue weighted by Gasteiger charge is -2.32. The van der Waals surface area contributed by atoms with Crippen molar-refractivity contribution in [2.24, 2.45) is 0 Å². The fraction of sp³-hybridized carbons (Fsp3) is 0.304. The van der Waals surface area contributed by atoms with E-state index in [1.54, 1.807) is 60.4 Å². The topological polar surface area (TPSA) is 180 Å². The van der Waals surface area contributed by atoms with Gasteiger partial charge >= 0.3 is 18.1 Å². The lowest BCUT2D eigenvalue weighted by molar-refractivity contribution is -0.277. The Hall–Kier alpha value is -7.76. The molecule has 0 spiro atoms. The van der Waals surface area contributed by atoms with Crippen molar-refractivity contribution in [2.45, 2.75) is 98.3 Å². The van der Waals surface area contributed by atoms with Gasteiger partial charge in [-0.05, 0) is 149 Å². The lowest BCUT2D eigenvalue weighted by atomic mass is 9.86. The van der Waals surface area contributed by atoms with E-state index in [-0.39, 0.29) is 13.0 Å². The van der Waals surface area contributed by atoms with Crippen LogP contribution in [-0.2, 0) is 31.9 Å². The molecule has 2 aliphatic rings. The molecule has 0 saturated carbocycles. The van der Waals surface area contributed by atoms with Gasteiger partial charge in [-0.1, -0.05) is 18.7 Å². The minimum atomic E-state index is -4.79. The van der Waals surface area contributed by atoms with E-state index in [9.17, 15) is 33.0 Å². The predicted molar refractivity (Wildman–Crippen MR) is 271 cm³/mol. The van der Waals surface area contributed by atoms with E-state index in [1.165, 1.54) is 5.56 Å². The normalized spacial score (nSPS) is 14.3. The van der Waals surface area contributed by atoms with Gasteiger partial charge in [0.1, 0.15) is 11.5 Å². The molecule has 0 amide bonds. The number of aryl methyl sites for hydroxylation is 2. The molecule has 7 heterocycles. The standard InChI is InChI=1S/C28H26N4O4.C27H23F3N2O4.CH4/c1-15-13-20-18(6-5-17-14-30-31-32(17)20)24(22(15)26(27(33)34)36-28(2,3)4)19-7-8-21-23-16(10-12-35-21)9-11-29-25(19)23;1-14-13-18-16(5-4-10-31-18)22(20(14)24(25(33)34)36-26(2,3)27(28,29)30)17-6-7-19-21-15(9-12-35-19)8-11-32-23(17)21;/h5-9,11,13-14,26H,10,12H2,1-4H3,(H,33,34);4-8,10-11,13,24H,9,12H2,1-3H3,(H,33,34);1H4/t26-;24-;/m01./s1. The zero-order valence-corrected chi connectivity index (χ0v) is 40.4. The number of pyridine rings is 4. The third-order valence-corrected chi connectivity index (χ3v) is 13.2. The summed E-state index contributed by atoms with van der Waals surface area (Å²) in [5.41, 5.74) is 6.95. The average Bonchev–Trinajstić information content (AvgIpc) is 3.82. The number of ether oxygens (including phenoxy) is 4. The number of fused-ring (bicyclic) bond motifs is 4. The zero-order valence-electron chi connectivity index (χ0n) is 40.4. The van der Waals surface area contributed by atoms with E-state index < -0.39 is 41.5 Å². The number of carboxylic acid groups (broad SMARTS) is 2. The summed E-state index contributed by atoms with van der Waals surface area (Å²) in [6.45, 7) is 11.9. The van der Waals surface area contributed by atoms with Crippen LogP contribution in [-0.4, -0.2) is 82.5 Å². The molecule has 0 unspecified atom stereocenters. The number of aromatic nitrogens is 6. The van der Waals surface area contributed by atoms with E-state index in [0.717, 1.165) is 81.0 Å². The smallest absolute Gasteiger partial charge is 0.416 e. The Bertz CT molecular complexity index is 3660. The van der Waals surface area contributed by atoms with Gasteiger partial charge in [-0.25, -0.2) is 14.1 Å². The number of alkyl halides is 3. The van der Waals surface area contributed by atoms with E-state index >= 15 is 0 Å². The first-order valence-corrected chi connectivity index (χ1v) is 23.3. The van der Waals surface area contributed by atoms with Crippen molar-refractivity contribution in [3.63, 3.8) is 0 Å². The summed E-state index contributed by atoms with van der Waals surface area (Å²) in [6, 6.07) is 22.4. The van der Waals surface area contributed by atoms with Crippen LogP contribution in [0.15, 0.2) is 97.6 Å². The van der Waals surface area contributed by atoms with Gasteiger partial charge in [-0.3, -0.25) is 15.0 Å². The molecule has 9 aromatic rings. The van der Waals surface area contributed by atoms with Crippen molar-refractivity contribution in [3.05, 3.63) is 131 Å². The van der Waals surface area contributed by atoms with Gasteiger partial charge in [-0.2, -0.15) is 13.2 Å². The second kappa shape index (κ2) is 18.7. The molecule has 14 nitrogen and oxygen atoms in total. The van der Waals surface area contributed by atoms with Crippen LogP contribution in [0.3, 0.4) is 0 Å². The van der Waals surface area contributed by atoms with Crippen molar-refractivity contribution in [2.75, 3.05) is 13.2 Å². The molecule has 376 valence electrons. The van der Waals surface area contributed by atoms with Gasteiger partial charge in [0.25, 0.3) is 0 Å². The Kier molecular flexibility index (Phi) is 12.9. The third-order valence-electron chi connectivity index (χ3n) is 13.2. The molecule has 4 aromatic carbocycles. The second-order valence-electron chi connectivity index (χ2n) is 19.5. The van der Waals surface area contributed by atoms with Gasteiger partial charge in [0.05, 0.1) is 52.6 Å². The van der Waals surface area contributed by atoms with Crippen molar-refractivity contribution in [1.82, 2.24) is 29.8 Å². The van der Waals surface area contributed by atoms with E-state index in [2.05, 4.69) is 20.3 Å². The van der Waals surface area contributed by atoms with Crippen molar-refractivity contribution in [1.29, 1.82) is 0 Å². The van der Waals surface area contributed by atoms with Gasteiger partial charge in [-0.15, -0.1) is 5.10 Å². The summed E-state index contributed by atoms with van der Waals surface area (Å²) in [5, 5.41) is 32.0. The van der Waals surface area contributed by atoms with Crippen LogP contribution >= 0.6 is 0 Å². The number of benzene rings is 4. The molecule has 2 N–H and O–H groups in total. The maximum Gasteiger partial charge on any atom is 0.416 e. The molecule has 17 heteroatoms. The number of aliphatic carboxylic acids is 2. The molecular weight excluding hydrogens is 942 g/mol. The SMILES string of the molecule is C.Cc1cc2c(ccc3cnnn32)c(-c2ccc3c4c(ccnc24)CCO3)c1[C@H](OC(C)(C)C)C(=O)O.Cc1cc2ncccc2c(-c2ccc3c4c(ccnc24)CCO3)c1[C@@H](OC(C)(C)C(F)(F)F)C(=O)O. The molecular formula is C56H53F3N6O8. The zero-order chi connectivity index (χ0) is 51.0. The number of nitrogens with zero attached hydrogens (tertiary/aromatic N) is 6.